The number of aryl methyl sites for hydroxylation is 1. The number of carbonyl (C=O) groups is 5. The van der Waals surface area contributed by atoms with E-state index in [0.29, 0.717) is 85.6 Å². The van der Waals surface area contributed by atoms with Crippen molar-refractivity contribution in [2.45, 2.75) is 102 Å². The van der Waals surface area contributed by atoms with Crippen molar-refractivity contribution in [1.82, 2.24) is 34.4 Å². The molecule has 1 unspecified atom stereocenters. The van der Waals surface area contributed by atoms with Gasteiger partial charge in [-0.15, -0.1) is 0 Å². The Hall–Kier alpha value is -6.80. The van der Waals surface area contributed by atoms with E-state index in [4.69, 9.17) is 26.0 Å². The molecule has 7 aliphatic heterocycles. The molecule has 1 atom stereocenters. The van der Waals surface area contributed by atoms with Crippen LogP contribution in [0.25, 0.3) is 16.9 Å². The lowest BCUT2D eigenvalue weighted by atomic mass is 9.92. The summed E-state index contributed by atoms with van der Waals surface area (Å²) in [4.78, 5) is 72.6. The lowest BCUT2D eigenvalue weighted by Gasteiger charge is -2.39. The van der Waals surface area contributed by atoms with Crippen molar-refractivity contribution in [3.63, 3.8) is 0 Å². The number of aromatic nitrogens is 3. The number of likely N-dealkylation sites (tertiary alicyclic amines) is 1. The van der Waals surface area contributed by atoms with Gasteiger partial charge in [-0.2, -0.15) is 5.10 Å². The highest BCUT2D eigenvalue weighted by Gasteiger charge is 2.45. The number of hydrogen-bond donors (Lipinski definition) is 3. The summed E-state index contributed by atoms with van der Waals surface area (Å²) in [6.45, 7) is 7.05. The number of rotatable bonds is 12. The maximum absolute atomic E-state index is 15.6. The fourth-order valence-corrected chi connectivity index (χ4v) is 12.6. The van der Waals surface area contributed by atoms with Crippen molar-refractivity contribution < 1.29 is 42.2 Å². The predicted molar refractivity (Wildman–Crippen MR) is 268 cm³/mol. The second-order valence-electron chi connectivity index (χ2n) is 20.6. The molecule has 0 saturated carbocycles. The third-order valence-corrected chi connectivity index (χ3v) is 16.5. The van der Waals surface area contributed by atoms with E-state index in [2.05, 4.69) is 29.3 Å². The topological polar surface area (TPSA) is 207 Å². The summed E-state index contributed by atoms with van der Waals surface area (Å²) in [5.74, 6) is -0.536. The number of alkyl halides is 2. The first-order chi connectivity index (χ1) is 35.4. The largest absolute Gasteiger partial charge is 0.493 e. The van der Waals surface area contributed by atoms with Crippen LogP contribution >= 0.6 is 0 Å². The smallest absolute Gasteiger partial charge is 0.264 e. The van der Waals surface area contributed by atoms with Gasteiger partial charge in [0.1, 0.15) is 11.7 Å². The minimum absolute atomic E-state index is 0.000579. The number of nitrogens with one attached hydrogen (secondary N) is 1. The van der Waals surface area contributed by atoms with Gasteiger partial charge < -0.3 is 45.1 Å². The van der Waals surface area contributed by atoms with Gasteiger partial charge in [-0.05, 0) is 105 Å². The number of methoxy groups -OCH3 is 1. The quantitative estimate of drug-likeness (QED) is 0.0889. The SMILES string of the molecule is CO/C(=C/N)c1c(N)c(-c2cc3c(cc2C(F)F)N(c2nn(C4CCOCC4)c4c2CN(C=O)CC4)CCC3)cn1C1CCN(CC2CCN(c3ccc4c(c3)C(=O)N(C3CCC(=O)NC3=O)C4=O)CC2)CC1. The summed E-state index contributed by atoms with van der Waals surface area (Å²) in [7, 11) is 1.53. The van der Waals surface area contributed by atoms with Crippen LogP contribution in [-0.4, -0.2) is 131 Å². The molecule has 0 spiro atoms. The van der Waals surface area contributed by atoms with Crippen LogP contribution in [0.5, 0.6) is 0 Å². The summed E-state index contributed by atoms with van der Waals surface area (Å²) in [5.41, 5.74) is 19.9. The molecule has 2 aromatic carbocycles. The summed E-state index contributed by atoms with van der Waals surface area (Å²) >= 11 is 0. The molecule has 386 valence electrons. The summed E-state index contributed by atoms with van der Waals surface area (Å²) in [6.07, 6.45) is 8.82. The third kappa shape index (κ3) is 8.78. The van der Waals surface area contributed by atoms with Crippen LogP contribution in [0, 0.1) is 5.92 Å². The molecular weight excluding hydrogens is 941 g/mol. The van der Waals surface area contributed by atoms with Crippen LogP contribution in [0.3, 0.4) is 0 Å². The Bertz CT molecular complexity index is 2880. The maximum Gasteiger partial charge on any atom is 0.264 e. The van der Waals surface area contributed by atoms with Gasteiger partial charge >= 0.3 is 0 Å². The number of carbonyl (C=O) groups excluding carboxylic acids is 5. The van der Waals surface area contributed by atoms with E-state index in [9.17, 15) is 24.0 Å². The number of anilines is 4. The van der Waals surface area contributed by atoms with Crippen LogP contribution in [0.4, 0.5) is 31.7 Å². The fourth-order valence-electron chi connectivity index (χ4n) is 12.6. The number of halogens is 2. The Morgan fingerprint density at radius 2 is 1.64 bits per heavy atom. The lowest BCUT2D eigenvalue weighted by Crippen LogP contribution is -2.54. The van der Waals surface area contributed by atoms with E-state index in [-0.39, 0.29) is 41.6 Å². The molecule has 73 heavy (non-hydrogen) atoms. The van der Waals surface area contributed by atoms with E-state index in [1.54, 1.807) is 23.1 Å². The van der Waals surface area contributed by atoms with Crippen LogP contribution in [0.15, 0.2) is 42.7 Å². The normalized spacial score (nSPS) is 21.8. The molecule has 5 N–H and O–H groups in total. The number of benzene rings is 2. The van der Waals surface area contributed by atoms with Gasteiger partial charge in [0.15, 0.2) is 11.6 Å². The molecule has 4 fully saturated rings. The number of fused-ring (bicyclic) bond motifs is 3. The number of nitrogens with two attached hydrogens (primary N) is 2. The third-order valence-electron chi connectivity index (χ3n) is 16.5. The summed E-state index contributed by atoms with van der Waals surface area (Å²) in [5, 5.41) is 7.47. The Morgan fingerprint density at radius 3 is 2.36 bits per heavy atom. The van der Waals surface area contributed by atoms with Gasteiger partial charge in [0.05, 0.1) is 36.5 Å². The number of hydrogen-bond acceptors (Lipinski definition) is 13. The minimum Gasteiger partial charge on any atom is -0.493 e. The number of ether oxygens (including phenoxy) is 2. The highest BCUT2D eigenvalue weighted by molar-refractivity contribution is 6.23. The molecule has 20 heteroatoms. The average Bonchev–Trinajstić information content (AvgIpc) is 4.04. The number of piperidine rings is 3. The van der Waals surface area contributed by atoms with E-state index >= 15 is 8.78 Å². The molecular formula is C53H63F2N11O7. The Morgan fingerprint density at radius 1 is 0.877 bits per heavy atom. The molecule has 7 aliphatic rings. The van der Waals surface area contributed by atoms with E-state index in [1.807, 2.05) is 18.3 Å². The minimum atomic E-state index is -2.81. The molecule has 2 aromatic heterocycles. The van der Waals surface area contributed by atoms with Gasteiger partial charge in [0.2, 0.25) is 18.2 Å². The van der Waals surface area contributed by atoms with Crippen LogP contribution in [-0.2, 0) is 43.2 Å². The van der Waals surface area contributed by atoms with E-state index in [1.165, 1.54) is 13.3 Å². The fraction of sp³-hybridized carbons (Fsp3) is 0.509. The monoisotopic (exact) mass is 1000 g/mol. The average molecular weight is 1000 g/mol. The zero-order valence-corrected chi connectivity index (χ0v) is 41.2. The zero-order chi connectivity index (χ0) is 50.7. The van der Waals surface area contributed by atoms with Crippen molar-refractivity contribution in [2.75, 3.05) is 81.7 Å². The first-order valence-corrected chi connectivity index (χ1v) is 25.8. The molecule has 9 heterocycles. The van der Waals surface area contributed by atoms with Crippen molar-refractivity contribution in [3.05, 3.63) is 81.9 Å². The highest BCUT2D eigenvalue weighted by Crippen LogP contribution is 2.47. The highest BCUT2D eigenvalue weighted by atomic mass is 19.3. The summed E-state index contributed by atoms with van der Waals surface area (Å²) in [6, 6.07) is 7.95. The Labute approximate surface area is 422 Å². The molecule has 5 amide bonds. The van der Waals surface area contributed by atoms with Gasteiger partial charge in [-0.3, -0.25) is 38.9 Å². The van der Waals surface area contributed by atoms with Crippen molar-refractivity contribution in [2.24, 2.45) is 11.7 Å². The molecule has 0 bridgehead atoms. The van der Waals surface area contributed by atoms with Crippen LogP contribution in [0.1, 0.15) is 125 Å². The molecule has 4 aromatic rings. The molecule has 4 saturated heterocycles. The zero-order valence-electron chi connectivity index (χ0n) is 41.2. The number of nitrogen functional groups attached to an aromatic ring is 1. The van der Waals surface area contributed by atoms with Crippen LogP contribution < -0.4 is 26.6 Å². The van der Waals surface area contributed by atoms with Crippen molar-refractivity contribution >= 4 is 58.7 Å². The number of imide groups is 2. The number of amides is 5. The standard InChI is InChI=1S/C53H63F2N11O7/c1-72-45(26-56)48-47(57)40(37-23-32-3-2-15-63(44(32)25-38(37)49(54)55)50-41-28-61(30-67)18-12-42(41)66(59-50)34-13-21-73-22-14-34)29-64(48)33-10-16-60(17-11-33)27-31-8-19-62(20-9-31)35-4-5-36-39(24-35)53(71)65(52(36)70)43-6-7-46(68)58-51(43)69/h4-5,23-26,29-31,33-34,43,49H,2-3,6-22,27-28,56-57H2,1H3,(H,58,68,69)/b45-26+. The number of nitrogens with zero attached hydrogens (tertiary/aromatic N) is 8. The molecule has 11 rings (SSSR count). The van der Waals surface area contributed by atoms with Gasteiger partial charge in [-0.1, -0.05) is 0 Å². The summed E-state index contributed by atoms with van der Waals surface area (Å²) < 4.78 is 46.8. The first kappa shape index (κ1) is 48.5. The Balaban J connectivity index is 0.788. The second-order valence-corrected chi connectivity index (χ2v) is 20.6. The maximum atomic E-state index is 15.6. The molecule has 0 radical (unpaired) electrons. The lowest BCUT2D eigenvalue weighted by molar-refractivity contribution is -0.136. The van der Waals surface area contributed by atoms with Gasteiger partial charge in [-0.25, -0.2) is 8.78 Å². The Kier molecular flexibility index (Phi) is 13.2. The first-order valence-electron chi connectivity index (χ1n) is 25.8. The van der Waals surface area contributed by atoms with Gasteiger partial charge in [0.25, 0.3) is 18.2 Å². The molecule has 0 aliphatic carbocycles. The van der Waals surface area contributed by atoms with Crippen molar-refractivity contribution in [3.8, 4) is 11.1 Å². The second kappa shape index (κ2) is 19.9. The predicted octanol–water partition coefficient (Wildman–Crippen LogP) is 5.68. The van der Waals surface area contributed by atoms with E-state index < -0.39 is 36.1 Å². The van der Waals surface area contributed by atoms with Crippen LogP contribution in [0.2, 0.25) is 0 Å². The van der Waals surface area contributed by atoms with E-state index in [0.717, 1.165) is 117 Å². The molecule has 18 nitrogen and oxygen atoms in total. The van der Waals surface area contributed by atoms with Gasteiger partial charge in [0, 0.05) is 124 Å². The van der Waals surface area contributed by atoms with Crippen molar-refractivity contribution in [1.29, 1.82) is 0 Å².